The van der Waals surface area contributed by atoms with Crippen LogP contribution < -0.4 is 20.7 Å². The summed E-state index contributed by atoms with van der Waals surface area (Å²) >= 11 is 6.11. The van der Waals surface area contributed by atoms with Crippen molar-refractivity contribution in [3.63, 3.8) is 0 Å². The molecule has 0 saturated carbocycles. The maximum Gasteiger partial charge on any atom is 0.268 e. The van der Waals surface area contributed by atoms with E-state index in [0.717, 1.165) is 16.5 Å². The van der Waals surface area contributed by atoms with Gasteiger partial charge in [0, 0.05) is 34.8 Å². The van der Waals surface area contributed by atoms with Gasteiger partial charge in [-0.2, -0.15) is 5.26 Å². The number of hydrogen-bond donors (Lipinski definition) is 4. The Morgan fingerprint density at radius 3 is 2.72 bits per heavy atom. The Hall–Kier alpha value is -4.03. The van der Waals surface area contributed by atoms with Crippen LogP contribution in [0.5, 0.6) is 5.75 Å². The number of carbonyl (C=O) groups excluding carboxylic acids is 3. The van der Waals surface area contributed by atoms with Crippen molar-refractivity contribution in [1.29, 1.82) is 5.26 Å². The topological polar surface area (TPSA) is 136 Å². The fourth-order valence-electron chi connectivity index (χ4n) is 4.34. The van der Waals surface area contributed by atoms with E-state index in [0.29, 0.717) is 23.7 Å². The first kappa shape index (κ1) is 25.1. The van der Waals surface area contributed by atoms with Gasteiger partial charge in [0.25, 0.3) is 5.91 Å². The monoisotopic (exact) mass is 507 g/mol. The lowest BCUT2D eigenvalue weighted by Gasteiger charge is -2.21. The smallest absolute Gasteiger partial charge is 0.268 e. The maximum absolute atomic E-state index is 13.3. The third kappa shape index (κ3) is 5.78. The fourth-order valence-corrected chi connectivity index (χ4v) is 4.56. The molecule has 1 fully saturated rings. The summed E-state index contributed by atoms with van der Waals surface area (Å²) in [5.74, 6) is -0.857. The summed E-state index contributed by atoms with van der Waals surface area (Å²) in [4.78, 5) is 41.4. The number of carbonyl (C=O) groups is 3. The van der Waals surface area contributed by atoms with Gasteiger partial charge in [0.2, 0.25) is 11.8 Å². The van der Waals surface area contributed by atoms with Gasteiger partial charge in [-0.05, 0) is 48.7 Å². The molecule has 2 aromatic carbocycles. The van der Waals surface area contributed by atoms with E-state index >= 15 is 0 Å². The predicted octanol–water partition coefficient (Wildman–Crippen LogP) is 2.71. The first-order valence-corrected chi connectivity index (χ1v) is 11.9. The Morgan fingerprint density at radius 1 is 1.22 bits per heavy atom. The molecule has 186 valence electrons. The fraction of sp³-hybridized carbons (Fsp3) is 0.308. The van der Waals surface area contributed by atoms with Crippen molar-refractivity contribution in [2.24, 2.45) is 5.92 Å². The van der Waals surface area contributed by atoms with Crippen LogP contribution in [0, 0.1) is 17.2 Å². The number of methoxy groups -OCH3 is 1. The third-order valence-electron chi connectivity index (χ3n) is 6.19. The van der Waals surface area contributed by atoms with Crippen LogP contribution in [0.3, 0.4) is 0 Å². The number of aromatic amines is 1. The largest absolute Gasteiger partial charge is 0.496 e. The second-order valence-electron chi connectivity index (χ2n) is 8.67. The van der Waals surface area contributed by atoms with Crippen LogP contribution in [0.25, 0.3) is 10.9 Å². The molecular weight excluding hydrogens is 482 g/mol. The van der Waals surface area contributed by atoms with Crippen LogP contribution in [0.2, 0.25) is 5.02 Å². The molecule has 4 N–H and O–H groups in total. The van der Waals surface area contributed by atoms with Crippen molar-refractivity contribution in [3.8, 4) is 11.8 Å². The number of fused-ring (bicyclic) bond motifs is 1. The lowest BCUT2D eigenvalue weighted by molar-refractivity contribution is -0.125. The number of amides is 3. The van der Waals surface area contributed by atoms with E-state index in [1.165, 1.54) is 0 Å². The molecule has 1 aliphatic rings. The van der Waals surface area contributed by atoms with Gasteiger partial charge in [-0.1, -0.05) is 29.8 Å². The van der Waals surface area contributed by atoms with Gasteiger partial charge >= 0.3 is 0 Å². The maximum atomic E-state index is 13.3. The van der Waals surface area contributed by atoms with E-state index in [1.807, 2.05) is 6.07 Å². The van der Waals surface area contributed by atoms with E-state index in [1.54, 1.807) is 49.6 Å². The van der Waals surface area contributed by atoms with Gasteiger partial charge in [-0.15, -0.1) is 0 Å². The molecule has 3 atom stereocenters. The van der Waals surface area contributed by atoms with Crippen LogP contribution in [0.1, 0.15) is 28.9 Å². The predicted molar refractivity (Wildman–Crippen MR) is 135 cm³/mol. The normalized spacial score (nSPS) is 16.6. The molecule has 36 heavy (non-hydrogen) atoms. The SMILES string of the molecule is COc1cccc2[nH]c(C(=O)N[C@@H](Cc3cccc(Cl)c3)C(=O)N[C@H](C#N)C[C@@H]3CCNC3=O)cc12. The number of nitrogens with one attached hydrogen (secondary N) is 4. The van der Waals surface area contributed by atoms with Crippen molar-refractivity contribution in [1.82, 2.24) is 20.9 Å². The van der Waals surface area contributed by atoms with Gasteiger partial charge in [0.05, 0.1) is 13.2 Å². The summed E-state index contributed by atoms with van der Waals surface area (Å²) in [5.41, 5.74) is 1.72. The Kier molecular flexibility index (Phi) is 7.76. The summed E-state index contributed by atoms with van der Waals surface area (Å²) in [6.07, 6.45) is 0.969. The molecule has 10 heteroatoms. The van der Waals surface area contributed by atoms with Gasteiger partial charge in [-0.25, -0.2) is 0 Å². The zero-order valence-corrected chi connectivity index (χ0v) is 20.4. The Bertz CT molecular complexity index is 1330. The summed E-state index contributed by atoms with van der Waals surface area (Å²) in [7, 11) is 1.55. The van der Waals surface area contributed by atoms with Crippen LogP contribution in [0.4, 0.5) is 0 Å². The third-order valence-corrected chi connectivity index (χ3v) is 6.43. The number of nitriles is 1. The van der Waals surface area contributed by atoms with E-state index in [-0.39, 0.29) is 30.4 Å². The molecular formula is C26H26ClN5O4. The van der Waals surface area contributed by atoms with E-state index in [9.17, 15) is 19.6 Å². The number of benzene rings is 2. The van der Waals surface area contributed by atoms with Crippen molar-refractivity contribution in [2.45, 2.75) is 31.3 Å². The zero-order valence-electron chi connectivity index (χ0n) is 19.6. The molecule has 0 bridgehead atoms. The Labute approximate surface area is 213 Å². The van der Waals surface area contributed by atoms with Crippen LogP contribution in [-0.2, 0) is 16.0 Å². The summed E-state index contributed by atoms with van der Waals surface area (Å²) in [5, 5.41) is 19.0. The summed E-state index contributed by atoms with van der Waals surface area (Å²) in [6.45, 7) is 0.554. The summed E-state index contributed by atoms with van der Waals surface area (Å²) < 4.78 is 5.36. The molecule has 1 aromatic heterocycles. The molecule has 0 radical (unpaired) electrons. The minimum Gasteiger partial charge on any atom is -0.496 e. The lowest BCUT2D eigenvalue weighted by atomic mass is 9.98. The molecule has 0 aliphatic carbocycles. The lowest BCUT2D eigenvalue weighted by Crippen LogP contribution is -2.51. The molecule has 3 aromatic rings. The number of ether oxygens (including phenoxy) is 1. The molecule has 1 saturated heterocycles. The average Bonchev–Trinajstić information content (AvgIpc) is 3.49. The van der Waals surface area contributed by atoms with Gasteiger partial charge in [0.15, 0.2) is 0 Å². The van der Waals surface area contributed by atoms with Crippen molar-refractivity contribution < 1.29 is 19.1 Å². The quantitative estimate of drug-likeness (QED) is 0.353. The standard InChI is InChI=1S/C26H26ClN5O4/c1-36-23-7-3-6-20-19(23)13-22(31-20)26(35)32-21(11-15-4-2-5-17(27)10-15)25(34)30-18(14-28)12-16-8-9-29-24(16)33/h2-7,10,13,16,18,21,31H,8-9,11-12H2,1H3,(H,29,33)(H,30,34)(H,32,35)/t16-,18-,21-/m0/s1. The first-order chi connectivity index (χ1) is 17.4. The van der Waals surface area contributed by atoms with Crippen molar-refractivity contribution in [2.75, 3.05) is 13.7 Å². The highest BCUT2D eigenvalue weighted by Gasteiger charge is 2.30. The molecule has 0 unspecified atom stereocenters. The van der Waals surface area contributed by atoms with E-state index < -0.39 is 23.9 Å². The molecule has 3 amide bonds. The average molecular weight is 508 g/mol. The Morgan fingerprint density at radius 2 is 2.03 bits per heavy atom. The van der Waals surface area contributed by atoms with E-state index in [2.05, 4.69) is 27.0 Å². The number of hydrogen-bond acceptors (Lipinski definition) is 5. The second-order valence-corrected chi connectivity index (χ2v) is 9.10. The molecule has 2 heterocycles. The number of rotatable bonds is 9. The van der Waals surface area contributed by atoms with Gasteiger partial charge in [0.1, 0.15) is 23.5 Å². The zero-order chi connectivity index (χ0) is 25.7. The first-order valence-electron chi connectivity index (χ1n) is 11.6. The summed E-state index contributed by atoms with van der Waals surface area (Å²) in [6, 6.07) is 14.3. The molecule has 9 nitrogen and oxygen atoms in total. The molecule has 0 spiro atoms. The second kappa shape index (κ2) is 11.1. The van der Waals surface area contributed by atoms with Crippen molar-refractivity contribution in [3.05, 3.63) is 64.8 Å². The minimum atomic E-state index is -0.988. The minimum absolute atomic E-state index is 0.123. The molecule has 4 rings (SSSR count). The number of halogens is 1. The van der Waals surface area contributed by atoms with Crippen molar-refractivity contribution >= 4 is 40.2 Å². The van der Waals surface area contributed by atoms with Crippen LogP contribution in [-0.4, -0.2) is 48.4 Å². The van der Waals surface area contributed by atoms with Crippen LogP contribution >= 0.6 is 11.6 Å². The number of nitrogens with zero attached hydrogens (tertiary/aromatic N) is 1. The number of aromatic nitrogens is 1. The molecule has 1 aliphatic heterocycles. The van der Waals surface area contributed by atoms with Gasteiger partial charge < -0.3 is 25.7 Å². The highest BCUT2D eigenvalue weighted by Crippen LogP contribution is 2.26. The van der Waals surface area contributed by atoms with E-state index in [4.69, 9.17) is 16.3 Å². The highest BCUT2D eigenvalue weighted by molar-refractivity contribution is 6.30. The highest BCUT2D eigenvalue weighted by atomic mass is 35.5. The number of H-pyrrole nitrogens is 1. The van der Waals surface area contributed by atoms with Crippen LogP contribution in [0.15, 0.2) is 48.5 Å². The Balaban J connectivity index is 1.54. The van der Waals surface area contributed by atoms with Gasteiger partial charge in [-0.3, -0.25) is 14.4 Å².